The van der Waals surface area contributed by atoms with Gasteiger partial charge in [0.1, 0.15) is 0 Å². The molecule has 0 bridgehead atoms. The second-order valence-electron chi connectivity index (χ2n) is 2.48. The fraction of sp³-hybridized carbons (Fsp3) is 0.714. The van der Waals surface area contributed by atoms with E-state index < -0.39 is 0 Å². The highest BCUT2D eigenvalue weighted by atomic mass is 16.3. The van der Waals surface area contributed by atoms with E-state index in [0.717, 1.165) is 19.3 Å². The zero-order valence-electron chi connectivity index (χ0n) is 5.22. The van der Waals surface area contributed by atoms with E-state index in [9.17, 15) is 0 Å². The average Bonchev–Trinajstić information content (AvgIpc) is 1.77. The number of hydrogen-bond donors (Lipinski definition) is 1. The molecule has 1 nitrogen and oxygen atoms in total. The minimum atomic E-state index is -0.0568. The lowest BCUT2D eigenvalue weighted by atomic mass is 9.99. The van der Waals surface area contributed by atoms with Gasteiger partial charge in [0.2, 0.25) is 0 Å². The lowest BCUT2D eigenvalue weighted by molar-refractivity contribution is 0.162. The van der Waals surface area contributed by atoms with Crippen molar-refractivity contribution in [2.75, 3.05) is 0 Å². The smallest absolute Gasteiger partial charge is 0.0577 e. The molecule has 0 unspecified atom stereocenters. The summed E-state index contributed by atoms with van der Waals surface area (Å²) in [4.78, 5) is 0. The average molecular weight is 112 g/mol. The second kappa shape index (κ2) is 2.31. The molecule has 0 fully saturated rings. The SMILES string of the molecule is CC1=CC[C@@H](O)CC1. The fourth-order valence-corrected chi connectivity index (χ4v) is 0.951. The molecule has 1 heteroatoms. The molecule has 46 valence electrons. The maximum atomic E-state index is 8.98. The summed E-state index contributed by atoms with van der Waals surface area (Å²) < 4.78 is 0. The second-order valence-corrected chi connectivity index (χ2v) is 2.48. The molecule has 0 aromatic heterocycles. The monoisotopic (exact) mass is 112 g/mol. The lowest BCUT2D eigenvalue weighted by Gasteiger charge is -2.13. The van der Waals surface area contributed by atoms with Crippen LogP contribution in [0.5, 0.6) is 0 Å². The summed E-state index contributed by atoms with van der Waals surface area (Å²) >= 11 is 0. The maximum Gasteiger partial charge on any atom is 0.0577 e. The van der Waals surface area contributed by atoms with E-state index in [0.29, 0.717) is 0 Å². The summed E-state index contributed by atoms with van der Waals surface area (Å²) in [5.41, 5.74) is 1.43. The Bertz CT molecular complexity index is 105. The van der Waals surface area contributed by atoms with Gasteiger partial charge in [-0.3, -0.25) is 0 Å². The van der Waals surface area contributed by atoms with Gasteiger partial charge in [0.15, 0.2) is 0 Å². The van der Waals surface area contributed by atoms with Crippen molar-refractivity contribution >= 4 is 0 Å². The molecule has 0 radical (unpaired) electrons. The number of aliphatic hydroxyl groups is 1. The van der Waals surface area contributed by atoms with Crippen LogP contribution in [0.4, 0.5) is 0 Å². The highest BCUT2D eigenvalue weighted by Gasteiger charge is 2.06. The van der Waals surface area contributed by atoms with Crippen LogP contribution >= 0.6 is 0 Å². The number of rotatable bonds is 0. The highest BCUT2D eigenvalue weighted by Crippen LogP contribution is 2.16. The molecule has 0 heterocycles. The molecule has 1 rings (SSSR count). The summed E-state index contributed by atoms with van der Waals surface area (Å²) in [5.74, 6) is 0. The predicted octanol–water partition coefficient (Wildman–Crippen LogP) is 1.48. The van der Waals surface area contributed by atoms with Gasteiger partial charge in [-0.2, -0.15) is 0 Å². The van der Waals surface area contributed by atoms with Crippen LogP contribution in [-0.2, 0) is 0 Å². The molecule has 1 aliphatic rings. The number of aliphatic hydroxyl groups excluding tert-OH is 1. The normalized spacial score (nSPS) is 29.8. The first kappa shape index (κ1) is 5.83. The van der Waals surface area contributed by atoms with Gasteiger partial charge in [0.05, 0.1) is 6.10 Å². The van der Waals surface area contributed by atoms with E-state index in [1.54, 1.807) is 0 Å². The third-order valence-corrected chi connectivity index (χ3v) is 1.61. The first-order valence-corrected chi connectivity index (χ1v) is 3.13. The van der Waals surface area contributed by atoms with Crippen molar-refractivity contribution in [1.82, 2.24) is 0 Å². The van der Waals surface area contributed by atoms with Crippen LogP contribution < -0.4 is 0 Å². The lowest BCUT2D eigenvalue weighted by Crippen LogP contribution is -2.08. The first-order valence-electron chi connectivity index (χ1n) is 3.13. The van der Waals surface area contributed by atoms with Gasteiger partial charge in [-0.1, -0.05) is 11.6 Å². The van der Waals surface area contributed by atoms with Crippen molar-refractivity contribution in [1.29, 1.82) is 0 Å². The van der Waals surface area contributed by atoms with E-state index in [-0.39, 0.29) is 6.10 Å². The molecule has 0 aliphatic heterocycles. The molecule has 1 atom stereocenters. The van der Waals surface area contributed by atoms with Gasteiger partial charge in [-0.05, 0) is 26.2 Å². The van der Waals surface area contributed by atoms with Crippen molar-refractivity contribution in [2.45, 2.75) is 32.3 Å². The van der Waals surface area contributed by atoms with Gasteiger partial charge in [0, 0.05) is 0 Å². The fourth-order valence-electron chi connectivity index (χ4n) is 0.951. The molecule has 0 spiro atoms. The Morgan fingerprint density at radius 2 is 2.50 bits per heavy atom. The molecule has 1 aliphatic carbocycles. The summed E-state index contributed by atoms with van der Waals surface area (Å²) in [6.07, 6.45) is 4.97. The van der Waals surface area contributed by atoms with Gasteiger partial charge in [-0.15, -0.1) is 0 Å². The Labute approximate surface area is 50.0 Å². The predicted molar refractivity (Wildman–Crippen MR) is 33.6 cm³/mol. The van der Waals surface area contributed by atoms with Crippen LogP contribution in [-0.4, -0.2) is 11.2 Å². The largest absolute Gasteiger partial charge is 0.393 e. The van der Waals surface area contributed by atoms with E-state index in [1.807, 2.05) is 0 Å². The van der Waals surface area contributed by atoms with Crippen LogP contribution in [0.25, 0.3) is 0 Å². The molecule has 0 saturated heterocycles. The molecular weight excluding hydrogens is 100 g/mol. The van der Waals surface area contributed by atoms with Crippen LogP contribution in [0.3, 0.4) is 0 Å². The van der Waals surface area contributed by atoms with Crippen molar-refractivity contribution in [3.63, 3.8) is 0 Å². The standard InChI is InChI=1S/C7H12O/c1-6-2-4-7(8)5-3-6/h2,7-8H,3-5H2,1H3/t7-/m1/s1. The van der Waals surface area contributed by atoms with Crippen LogP contribution in [0.1, 0.15) is 26.2 Å². The van der Waals surface area contributed by atoms with Gasteiger partial charge < -0.3 is 5.11 Å². The molecule has 1 N–H and O–H groups in total. The Balaban J connectivity index is 2.42. The van der Waals surface area contributed by atoms with E-state index in [4.69, 9.17) is 5.11 Å². The molecule has 0 aromatic rings. The third-order valence-electron chi connectivity index (χ3n) is 1.61. The van der Waals surface area contributed by atoms with Gasteiger partial charge in [0.25, 0.3) is 0 Å². The van der Waals surface area contributed by atoms with E-state index >= 15 is 0 Å². The molecule has 8 heavy (non-hydrogen) atoms. The Kier molecular flexibility index (Phi) is 1.69. The Morgan fingerprint density at radius 3 is 2.88 bits per heavy atom. The van der Waals surface area contributed by atoms with Crippen molar-refractivity contribution in [3.05, 3.63) is 11.6 Å². The van der Waals surface area contributed by atoms with Crippen molar-refractivity contribution < 1.29 is 5.11 Å². The van der Waals surface area contributed by atoms with Crippen molar-refractivity contribution in [2.24, 2.45) is 0 Å². The minimum Gasteiger partial charge on any atom is -0.393 e. The van der Waals surface area contributed by atoms with Crippen LogP contribution in [0, 0.1) is 0 Å². The van der Waals surface area contributed by atoms with Crippen LogP contribution in [0.2, 0.25) is 0 Å². The summed E-state index contributed by atoms with van der Waals surface area (Å²) in [6.45, 7) is 2.12. The zero-order chi connectivity index (χ0) is 5.98. The molecule has 0 saturated carbocycles. The van der Waals surface area contributed by atoms with Crippen LogP contribution in [0.15, 0.2) is 11.6 Å². The highest BCUT2D eigenvalue weighted by molar-refractivity contribution is 5.02. The topological polar surface area (TPSA) is 20.2 Å². The number of hydrogen-bond acceptors (Lipinski definition) is 1. The molecule has 0 amide bonds. The Hall–Kier alpha value is -0.300. The van der Waals surface area contributed by atoms with E-state index in [2.05, 4.69) is 13.0 Å². The quantitative estimate of drug-likeness (QED) is 0.470. The number of allylic oxidation sites excluding steroid dienone is 1. The summed E-state index contributed by atoms with van der Waals surface area (Å²) in [7, 11) is 0. The Morgan fingerprint density at radius 1 is 1.75 bits per heavy atom. The summed E-state index contributed by atoms with van der Waals surface area (Å²) in [6, 6.07) is 0. The molecular formula is C7H12O. The summed E-state index contributed by atoms with van der Waals surface area (Å²) in [5, 5.41) is 8.98. The minimum absolute atomic E-state index is 0.0568. The zero-order valence-corrected chi connectivity index (χ0v) is 5.22. The van der Waals surface area contributed by atoms with Gasteiger partial charge >= 0.3 is 0 Å². The van der Waals surface area contributed by atoms with Gasteiger partial charge in [-0.25, -0.2) is 0 Å². The molecule has 0 aromatic carbocycles. The van der Waals surface area contributed by atoms with E-state index in [1.165, 1.54) is 5.57 Å². The van der Waals surface area contributed by atoms with Crippen molar-refractivity contribution in [3.8, 4) is 0 Å². The maximum absolute atomic E-state index is 8.98. The third kappa shape index (κ3) is 1.34. The first-order chi connectivity index (χ1) is 3.79.